The molecule has 0 amide bonds. The molecule has 0 N–H and O–H groups in total. The van der Waals surface area contributed by atoms with Gasteiger partial charge in [0, 0.05) is 41.2 Å². The van der Waals surface area contributed by atoms with Crippen LogP contribution < -0.4 is 9.47 Å². The molecule has 154 valence electrons. The zero-order valence-electron chi connectivity index (χ0n) is 16.3. The molecule has 0 aliphatic rings. The van der Waals surface area contributed by atoms with Crippen LogP contribution in [0.2, 0.25) is 5.02 Å². The number of methoxy groups -OCH3 is 2. The zero-order valence-corrected chi connectivity index (χ0v) is 17.1. The van der Waals surface area contributed by atoms with Crippen molar-refractivity contribution in [2.24, 2.45) is 0 Å². The van der Waals surface area contributed by atoms with Gasteiger partial charge < -0.3 is 9.47 Å². The lowest BCUT2D eigenvalue weighted by Crippen LogP contribution is -2.03. The molecule has 0 saturated heterocycles. The van der Waals surface area contributed by atoms with Gasteiger partial charge >= 0.3 is 0 Å². The fourth-order valence-corrected chi connectivity index (χ4v) is 3.56. The van der Waals surface area contributed by atoms with Crippen molar-refractivity contribution in [1.82, 2.24) is 4.98 Å². The second-order valence-electron chi connectivity index (χ2n) is 6.39. The van der Waals surface area contributed by atoms with Crippen LogP contribution in [-0.2, 0) is 6.42 Å². The first-order chi connectivity index (χ1) is 14.3. The quantitative estimate of drug-likeness (QED) is 0.505. The first-order valence-electron chi connectivity index (χ1n) is 8.74. The minimum atomic E-state index is -1.10. The second-order valence-corrected chi connectivity index (χ2v) is 6.77. The average molecular weight is 433 g/mol. The van der Waals surface area contributed by atoms with Crippen LogP contribution in [0.1, 0.15) is 11.3 Å². The maximum atomic E-state index is 14.7. The fraction of sp³-hybridized carbons (Fsp3) is 0.182. The molecule has 0 spiro atoms. The third kappa shape index (κ3) is 3.79. The van der Waals surface area contributed by atoms with Gasteiger partial charge in [0.1, 0.15) is 29.0 Å². The number of halogens is 4. The summed E-state index contributed by atoms with van der Waals surface area (Å²) in [6.07, 6.45) is 1.34. The number of rotatable bonds is 5. The normalized spacial score (nSPS) is 10.6. The van der Waals surface area contributed by atoms with E-state index in [1.165, 1.54) is 20.4 Å². The van der Waals surface area contributed by atoms with E-state index in [1.54, 1.807) is 19.1 Å². The molecule has 2 aromatic carbocycles. The van der Waals surface area contributed by atoms with Crippen molar-refractivity contribution in [3.05, 3.63) is 64.2 Å². The highest BCUT2D eigenvalue weighted by atomic mass is 35.5. The van der Waals surface area contributed by atoms with Gasteiger partial charge in [0.2, 0.25) is 0 Å². The maximum Gasteiger partial charge on any atom is 0.141 e. The first kappa shape index (κ1) is 21.5. The fourth-order valence-electron chi connectivity index (χ4n) is 3.28. The number of benzene rings is 2. The Morgan fingerprint density at radius 2 is 1.67 bits per heavy atom. The summed E-state index contributed by atoms with van der Waals surface area (Å²) >= 11 is 6.53. The van der Waals surface area contributed by atoms with Crippen LogP contribution >= 0.6 is 11.6 Å². The Morgan fingerprint density at radius 1 is 1.00 bits per heavy atom. The highest BCUT2D eigenvalue weighted by Crippen LogP contribution is 2.46. The molecule has 0 saturated carbocycles. The van der Waals surface area contributed by atoms with Crippen LogP contribution in [0, 0.1) is 35.7 Å². The molecule has 1 aromatic heterocycles. The van der Waals surface area contributed by atoms with Crippen LogP contribution in [-0.4, -0.2) is 19.2 Å². The predicted octanol–water partition coefficient (Wildman–Crippen LogP) is 5.88. The van der Waals surface area contributed by atoms with Crippen LogP contribution in [0.5, 0.6) is 11.5 Å². The predicted molar refractivity (Wildman–Crippen MR) is 107 cm³/mol. The van der Waals surface area contributed by atoms with Crippen molar-refractivity contribution in [2.75, 3.05) is 14.2 Å². The van der Waals surface area contributed by atoms with Gasteiger partial charge in [-0.25, -0.2) is 13.2 Å². The molecule has 0 aliphatic carbocycles. The topological polar surface area (TPSA) is 55.1 Å². The monoisotopic (exact) mass is 432 g/mol. The summed E-state index contributed by atoms with van der Waals surface area (Å²) in [6, 6.07) is 6.32. The molecule has 30 heavy (non-hydrogen) atoms. The van der Waals surface area contributed by atoms with Gasteiger partial charge in [0.15, 0.2) is 0 Å². The summed E-state index contributed by atoms with van der Waals surface area (Å²) in [7, 11) is 2.86. The maximum absolute atomic E-state index is 14.7. The van der Waals surface area contributed by atoms with E-state index in [0.29, 0.717) is 29.0 Å². The van der Waals surface area contributed by atoms with E-state index in [0.717, 1.165) is 0 Å². The summed E-state index contributed by atoms with van der Waals surface area (Å²) < 4.78 is 53.6. The molecule has 0 fully saturated rings. The summed E-state index contributed by atoms with van der Waals surface area (Å²) in [5, 5.41) is 9.44. The smallest absolute Gasteiger partial charge is 0.141 e. The molecule has 0 atom stereocenters. The Kier molecular flexibility index (Phi) is 6.18. The third-order valence-corrected chi connectivity index (χ3v) is 5.00. The average Bonchev–Trinajstić information content (AvgIpc) is 2.70. The van der Waals surface area contributed by atoms with Crippen molar-refractivity contribution < 1.29 is 22.6 Å². The summed E-state index contributed by atoms with van der Waals surface area (Å²) in [5.74, 6) is -2.59. The highest BCUT2D eigenvalue weighted by Gasteiger charge is 2.25. The summed E-state index contributed by atoms with van der Waals surface area (Å²) in [5.41, 5.74) is 0.883. The number of ether oxygens (including phenoxy) is 2. The molecule has 0 aliphatic heterocycles. The Labute approximate surface area is 176 Å². The van der Waals surface area contributed by atoms with E-state index in [-0.39, 0.29) is 34.0 Å². The van der Waals surface area contributed by atoms with E-state index < -0.39 is 23.0 Å². The number of aromatic nitrogens is 1. The van der Waals surface area contributed by atoms with Gasteiger partial charge in [-0.05, 0) is 24.1 Å². The van der Waals surface area contributed by atoms with Gasteiger partial charge in [0.25, 0.3) is 0 Å². The number of pyridine rings is 1. The van der Waals surface area contributed by atoms with Gasteiger partial charge in [-0.2, -0.15) is 5.26 Å². The van der Waals surface area contributed by atoms with Crippen molar-refractivity contribution in [2.45, 2.75) is 13.3 Å². The molecule has 8 heteroatoms. The van der Waals surface area contributed by atoms with Crippen molar-refractivity contribution >= 4 is 11.6 Å². The lowest BCUT2D eigenvalue weighted by Gasteiger charge is -2.20. The summed E-state index contributed by atoms with van der Waals surface area (Å²) in [4.78, 5) is 4.20. The first-order valence-corrected chi connectivity index (χ1v) is 9.12. The largest absolute Gasteiger partial charge is 0.497 e. The third-order valence-electron chi connectivity index (χ3n) is 4.61. The van der Waals surface area contributed by atoms with E-state index in [1.807, 2.05) is 6.07 Å². The SMILES string of the molecule is COc1cc(OC)c(Cl)c(-c2c(CC#N)cnc(C)c2-c2c(F)cc(F)cc2F)c1. The van der Waals surface area contributed by atoms with E-state index in [4.69, 9.17) is 21.1 Å². The lowest BCUT2D eigenvalue weighted by atomic mass is 9.88. The second kappa shape index (κ2) is 8.64. The zero-order chi connectivity index (χ0) is 22.0. The Hall–Kier alpha value is -3.24. The molecule has 3 aromatic rings. The molecular weight excluding hydrogens is 417 g/mol. The molecule has 0 radical (unpaired) electrons. The lowest BCUT2D eigenvalue weighted by molar-refractivity contribution is 0.395. The molecule has 3 rings (SSSR count). The van der Waals surface area contributed by atoms with Crippen molar-refractivity contribution in [3.8, 4) is 39.8 Å². The minimum absolute atomic E-state index is 0.0648. The van der Waals surface area contributed by atoms with E-state index >= 15 is 0 Å². The van der Waals surface area contributed by atoms with E-state index in [9.17, 15) is 18.4 Å². The molecule has 0 bridgehead atoms. The molecule has 1 heterocycles. The van der Waals surface area contributed by atoms with Crippen LogP contribution in [0.3, 0.4) is 0 Å². The number of nitrogens with zero attached hydrogens (tertiary/aromatic N) is 2. The molecular formula is C22H16ClF3N2O2. The number of aryl methyl sites for hydroxylation is 1. The molecule has 4 nitrogen and oxygen atoms in total. The molecule has 0 unspecified atom stereocenters. The number of hydrogen-bond acceptors (Lipinski definition) is 4. The van der Waals surface area contributed by atoms with Crippen LogP contribution in [0.25, 0.3) is 22.3 Å². The highest BCUT2D eigenvalue weighted by molar-refractivity contribution is 6.35. The number of hydrogen-bond donors (Lipinski definition) is 0. The van der Waals surface area contributed by atoms with Crippen LogP contribution in [0.4, 0.5) is 13.2 Å². The Balaban J connectivity index is 2.50. The summed E-state index contributed by atoms with van der Waals surface area (Å²) in [6.45, 7) is 1.56. The van der Waals surface area contributed by atoms with Gasteiger partial charge in [-0.1, -0.05) is 11.6 Å². The number of nitriles is 1. The standard InChI is InChI=1S/C22H16ClF3N2O2/c1-11-19(21-16(25)6-13(24)7-17(21)26)20(12(4-5-27)10-28-11)15-8-14(29-2)9-18(30-3)22(15)23/h6-10H,4H2,1-3H3. The Bertz CT molecular complexity index is 1150. The van der Waals surface area contributed by atoms with Gasteiger partial charge in [0.05, 0.1) is 37.3 Å². The van der Waals surface area contributed by atoms with Crippen molar-refractivity contribution in [1.29, 1.82) is 5.26 Å². The van der Waals surface area contributed by atoms with E-state index in [2.05, 4.69) is 4.98 Å². The van der Waals surface area contributed by atoms with Gasteiger partial charge in [-0.15, -0.1) is 0 Å². The van der Waals surface area contributed by atoms with Crippen LogP contribution in [0.15, 0.2) is 30.5 Å². The minimum Gasteiger partial charge on any atom is -0.497 e. The van der Waals surface area contributed by atoms with Crippen molar-refractivity contribution in [3.63, 3.8) is 0 Å². The van der Waals surface area contributed by atoms with Gasteiger partial charge in [-0.3, -0.25) is 4.98 Å². The Morgan fingerprint density at radius 3 is 2.23 bits per heavy atom.